The molecule has 1 unspecified atom stereocenters. The third kappa shape index (κ3) is 5.49. The van der Waals surface area contributed by atoms with Crippen LogP contribution in [0.2, 0.25) is 4.34 Å². The van der Waals surface area contributed by atoms with Gasteiger partial charge in [-0.15, -0.1) is 11.3 Å². The molecule has 9 nitrogen and oxygen atoms in total. The van der Waals surface area contributed by atoms with Crippen LogP contribution in [0.1, 0.15) is 41.5 Å². The van der Waals surface area contributed by atoms with Crippen LogP contribution < -0.4 is 5.32 Å². The maximum absolute atomic E-state index is 13.1. The molecule has 0 saturated carbocycles. The zero-order chi connectivity index (χ0) is 25.1. The second-order valence-corrected chi connectivity index (χ2v) is 9.74. The van der Waals surface area contributed by atoms with Gasteiger partial charge in [-0.3, -0.25) is 19.2 Å². The smallest absolute Gasteiger partial charge is 0.325 e. The van der Waals surface area contributed by atoms with Gasteiger partial charge in [0.1, 0.15) is 17.1 Å². The van der Waals surface area contributed by atoms with E-state index in [1.807, 2.05) is 24.3 Å². The number of hydrogen-bond acceptors (Lipinski definition) is 7. The summed E-state index contributed by atoms with van der Waals surface area (Å²) in [5.74, 6) is -2.13. The summed E-state index contributed by atoms with van der Waals surface area (Å²) in [6.45, 7) is 2.15. The van der Waals surface area contributed by atoms with Crippen LogP contribution in [-0.2, 0) is 30.3 Å². The average Bonchev–Trinajstić information content (AvgIpc) is 3.46. The number of halogens is 1. The Kier molecular flexibility index (Phi) is 7.42. The Morgan fingerprint density at radius 1 is 1.20 bits per heavy atom. The Labute approximate surface area is 210 Å². The van der Waals surface area contributed by atoms with Crippen molar-refractivity contribution in [3.05, 3.63) is 57.6 Å². The molecule has 0 radical (unpaired) electrons. The predicted molar refractivity (Wildman–Crippen MR) is 130 cm³/mol. The summed E-state index contributed by atoms with van der Waals surface area (Å²) in [6, 6.07) is 9.78. The number of amides is 2. The van der Waals surface area contributed by atoms with Gasteiger partial charge >= 0.3 is 11.9 Å². The Balaban J connectivity index is 1.63. The minimum absolute atomic E-state index is 0.153. The van der Waals surface area contributed by atoms with Crippen LogP contribution in [0.25, 0.3) is 10.2 Å². The summed E-state index contributed by atoms with van der Waals surface area (Å²) < 4.78 is 10.6. The third-order valence-electron chi connectivity index (χ3n) is 5.69. The lowest BCUT2D eigenvalue weighted by atomic mass is 10.0. The SMILES string of the molecule is CCOC(=O)CN(C(=O)COC(C)=O)[C@@H]1c2ccccc2CC1NC(=O)c1cc2cc(Cl)sc2[nH]1. The first kappa shape index (κ1) is 24.7. The number of nitrogens with one attached hydrogen (secondary N) is 2. The normalized spacial score (nSPS) is 16.5. The summed E-state index contributed by atoms with van der Waals surface area (Å²) in [4.78, 5) is 55.1. The molecule has 0 saturated heterocycles. The molecule has 2 N–H and O–H groups in total. The number of aromatic amines is 1. The number of H-pyrrole nitrogens is 1. The lowest BCUT2D eigenvalue weighted by Gasteiger charge is -2.33. The van der Waals surface area contributed by atoms with Crippen LogP contribution in [0.15, 0.2) is 36.4 Å². The van der Waals surface area contributed by atoms with Gasteiger partial charge in [0.15, 0.2) is 6.61 Å². The number of rotatable bonds is 8. The van der Waals surface area contributed by atoms with Crippen LogP contribution in [0.3, 0.4) is 0 Å². The molecule has 0 fully saturated rings. The van der Waals surface area contributed by atoms with Crippen molar-refractivity contribution in [2.75, 3.05) is 19.8 Å². The molecule has 184 valence electrons. The van der Waals surface area contributed by atoms with Crippen molar-refractivity contribution in [1.29, 1.82) is 0 Å². The number of hydrogen-bond donors (Lipinski definition) is 2. The summed E-state index contributed by atoms with van der Waals surface area (Å²) >= 11 is 7.37. The summed E-state index contributed by atoms with van der Waals surface area (Å²) in [7, 11) is 0. The molecule has 1 aliphatic carbocycles. The Morgan fingerprint density at radius 2 is 1.97 bits per heavy atom. The first-order valence-corrected chi connectivity index (χ1v) is 12.2. The third-order valence-corrected chi connectivity index (χ3v) is 6.89. The van der Waals surface area contributed by atoms with Gasteiger partial charge in [-0.2, -0.15) is 0 Å². The molecule has 0 spiro atoms. The van der Waals surface area contributed by atoms with Crippen LogP contribution in [-0.4, -0.2) is 59.4 Å². The Hall–Kier alpha value is -3.37. The summed E-state index contributed by atoms with van der Waals surface area (Å²) in [6.07, 6.45) is 0.452. The number of carbonyl (C=O) groups excluding carboxylic acids is 4. The molecule has 1 aromatic carbocycles. The van der Waals surface area contributed by atoms with Gasteiger partial charge in [0.25, 0.3) is 11.8 Å². The minimum atomic E-state index is -0.659. The number of fused-ring (bicyclic) bond motifs is 2. The highest BCUT2D eigenvalue weighted by Gasteiger charge is 2.40. The molecule has 11 heteroatoms. The number of aromatic nitrogens is 1. The number of carbonyl (C=O) groups is 4. The van der Waals surface area contributed by atoms with E-state index in [1.165, 1.54) is 23.2 Å². The second-order valence-electron chi connectivity index (χ2n) is 8.05. The van der Waals surface area contributed by atoms with Gasteiger partial charge in [-0.05, 0) is 36.6 Å². The van der Waals surface area contributed by atoms with Crippen LogP contribution in [0.4, 0.5) is 0 Å². The molecular weight excluding hydrogens is 494 g/mol. The van der Waals surface area contributed by atoms with Crippen LogP contribution in [0, 0.1) is 0 Å². The van der Waals surface area contributed by atoms with Crippen molar-refractivity contribution < 1.29 is 28.7 Å². The van der Waals surface area contributed by atoms with Gasteiger partial charge < -0.3 is 24.7 Å². The molecule has 4 rings (SSSR count). The molecule has 3 aromatic rings. The lowest BCUT2D eigenvalue weighted by molar-refractivity contribution is -0.156. The maximum Gasteiger partial charge on any atom is 0.325 e. The van der Waals surface area contributed by atoms with Crippen molar-refractivity contribution in [2.24, 2.45) is 0 Å². The van der Waals surface area contributed by atoms with Gasteiger partial charge in [-0.1, -0.05) is 35.9 Å². The van der Waals surface area contributed by atoms with Crippen molar-refractivity contribution >= 4 is 56.9 Å². The van der Waals surface area contributed by atoms with Gasteiger partial charge in [0.05, 0.1) is 23.0 Å². The first-order valence-electron chi connectivity index (χ1n) is 11.0. The number of esters is 2. The van der Waals surface area contributed by atoms with E-state index >= 15 is 0 Å². The van der Waals surface area contributed by atoms with E-state index in [2.05, 4.69) is 10.3 Å². The summed E-state index contributed by atoms with van der Waals surface area (Å²) in [5.41, 5.74) is 2.11. The lowest BCUT2D eigenvalue weighted by Crippen LogP contribution is -2.49. The number of benzene rings is 1. The summed E-state index contributed by atoms with van der Waals surface area (Å²) in [5, 5.41) is 3.84. The molecular formula is C24H24ClN3O6S. The van der Waals surface area contributed by atoms with Crippen molar-refractivity contribution in [1.82, 2.24) is 15.2 Å². The molecule has 2 aromatic heterocycles. The molecule has 0 bridgehead atoms. The average molecular weight is 518 g/mol. The van der Waals surface area contributed by atoms with Crippen molar-refractivity contribution in [3.63, 3.8) is 0 Å². The molecule has 35 heavy (non-hydrogen) atoms. The van der Waals surface area contributed by atoms with E-state index in [9.17, 15) is 19.2 Å². The number of ether oxygens (including phenoxy) is 2. The van der Waals surface area contributed by atoms with Gasteiger partial charge in [0.2, 0.25) is 0 Å². The van der Waals surface area contributed by atoms with Crippen molar-refractivity contribution in [3.8, 4) is 0 Å². The zero-order valence-electron chi connectivity index (χ0n) is 19.1. The molecule has 2 heterocycles. The van der Waals surface area contributed by atoms with Crippen LogP contribution >= 0.6 is 22.9 Å². The van der Waals surface area contributed by atoms with Gasteiger partial charge in [0, 0.05) is 12.3 Å². The molecule has 0 aliphatic heterocycles. The quantitative estimate of drug-likeness (QED) is 0.443. The van der Waals surface area contributed by atoms with Gasteiger partial charge in [-0.25, -0.2) is 0 Å². The highest BCUT2D eigenvalue weighted by Crippen LogP contribution is 2.37. The van der Waals surface area contributed by atoms with E-state index in [0.717, 1.165) is 21.3 Å². The van der Waals surface area contributed by atoms with Crippen LogP contribution in [0.5, 0.6) is 0 Å². The van der Waals surface area contributed by atoms with E-state index in [0.29, 0.717) is 16.5 Å². The molecule has 1 aliphatic rings. The fourth-order valence-electron chi connectivity index (χ4n) is 4.28. The maximum atomic E-state index is 13.1. The van der Waals surface area contributed by atoms with E-state index in [-0.39, 0.29) is 19.1 Å². The van der Waals surface area contributed by atoms with Crippen molar-refractivity contribution in [2.45, 2.75) is 32.4 Å². The predicted octanol–water partition coefficient (Wildman–Crippen LogP) is 3.23. The fraction of sp³-hybridized carbons (Fsp3) is 0.333. The Bertz CT molecular complexity index is 1250. The van der Waals surface area contributed by atoms with E-state index in [1.54, 1.807) is 19.1 Å². The first-order chi connectivity index (χ1) is 16.8. The largest absolute Gasteiger partial charge is 0.465 e. The standard InChI is InChI=1S/C24H24ClN3O6S/c1-3-33-21(31)11-28(20(30)12-34-13(2)29)22-16-7-5-4-6-14(16)8-17(22)26-23(32)18-9-15-10-19(25)35-24(15)27-18/h4-7,9-10,17,22,27H,3,8,11-12H2,1-2H3,(H,26,32)/t17?,22-/m1/s1. The highest BCUT2D eigenvalue weighted by atomic mass is 35.5. The van der Waals surface area contributed by atoms with E-state index < -0.39 is 36.5 Å². The fourth-order valence-corrected chi connectivity index (χ4v) is 5.41. The second kappa shape index (κ2) is 10.5. The number of nitrogens with zero attached hydrogens (tertiary/aromatic N) is 1. The highest BCUT2D eigenvalue weighted by molar-refractivity contribution is 7.22. The number of thiophene rings is 1. The molecule has 2 amide bonds. The monoisotopic (exact) mass is 517 g/mol. The zero-order valence-corrected chi connectivity index (χ0v) is 20.7. The minimum Gasteiger partial charge on any atom is -0.465 e. The topological polar surface area (TPSA) is 118 Å². The Morgan fingerprint density at radius 3 is 2.69 bits per heavy atom. The molecule has 2 atom stereocenters. The van der Waals surface area contributed by atoms with E-state index in [4.69, 9.17) is 21.1 Å².